The first-order valence-electron chi connectivity index (χ1n) is 7.68. The van der Waals surface area contributed by atoms with Gasteiger partial charge >= 0.3 is 0 Å². The quantitative estimate of drug-likeness (QED) is 0.598. The number of nitrogen functional groups attached to an aromatic ring is 1. The van der Waals surface area contributed by atoms with E-state index in [1.165, 1.54) is 30.5 Å². The number of benzene rings is 2. The molecule has 3 N–H and O–H groups in total. The second-order valence-corrected chi connectivity index (χ2v) is 8.00. The topological polar surface area (TPSA) is 98.0 Å². The van der Waals surface area contributed by atoms with Gasteiger partial charge in [-0.1, -0.05) is 35.3 Å². The Labute approximate surface area is 166 Å². The van der Waals surface area contributed by atoms with E-state index in [9.17, 15) is 8.42 Å². The lowest BCUT2D eigenvalue weighted by molar-refractivity contribution is 0.601. The second kappa shape index (κ2) is 7.96. The van der Waals surface area contributed by atoms with E-state index >= 15 is 0 Å². The Bertz CT molecular complexity index is 1100. The largest absolute Gasteiger partial charge is 0.399 e. The number of hydrogen-bond acceptors (Lipinski definition) is 5. The van der Waals surface area contributed by atoms with E-state index in [0.29, 0.717) is 21.4 Å². The molecule has 2 aromatic carbocycles. The zero-order valence-corrected chi connectivity index (χ0v) is 16.1. The standard InChI is InChI=1S/C18H14Cl2N4O2S/c19-13-3-1-12(17(20)11-13)2-6-15-9-10-22-18(23-15)24-27(25,26)16-7-4-14(21)5-8-16/h1-11H,21H2,(H,22,23,24)/b6-2+. The molecule has 1 aromatic heterocycles. The Morgan fingerprint density at radius 2 is 1.74 bits per heavy atom. The molecule has 0 radical (unpaired) electrons. The zero-order chi connectivity index (χ0) is 19.4. The molecule has 0 saturated heterocycles. The average Bonchev–Trinajstić information content (AvgIpc) is 2.61. The smallest absolute Gasteiger partial charge is 0.264 e. The maximum absolute atomic E-state index is 12.4. The molecule has 0 aliphatic rings. The fraction of sp³-hybridized carbons (Fsp3) is 0. The highest BCUT2D eigenvalue weighted by Gasteiger charge is 2.15. The van der Waals surface area contributed by atoms with E-state index in [1.54, 1.807) is 36.4 Å². The van der Waals surface area contributed by atoms with Gasteiger partial charge in [0.1, 0.15) is 0 Å². The van der Waals surface area contributed by atoms with Gasteiger partial charge in [0.05, 0.1) is 10.6 Å². The van der Waals surface area contributed by atoms with Crippen LogP contribution in [-0.4, -0.2) is 18.4 Å². The van der Waals surface area contributed by atoms with Crippen molar-refractivity contribution in [1.82, 2.24) is 9.97 Å². The lowest BCUT2D eigenvalue weighted by Crippen LogP contribution is -2.15. The van der Waals surface area contributed by atoms with Gasteiger partial charge < -0.3 is 5.73 Å². The van der Waals surface area contributed by atoms with Crippen LogP contribution in [0.5, 0.6) is 0 Å². The summed E-state index contributed by atoms with van der Waals surface area (Å²) in [5.41, 5.74) is 7.31. The molecule has 27 heavy (non-hydrogen) atoms. The number of anilines is 2. The van der Waals surface area contributed by atoms with Crippen LogP contribution in [0.1, 0.15) is 11.3 Å². The average molecular weight is 421 g/mol. The molecular weight excluding hydrogens is 407 g/mol. The maximum Gasteiger partial charge on any atom is 0.264 e. The van der Waals surface area contributed by atoms with Gasteiger partial charge in [0, 0.05) is 21.9 Å². The molecule has 3 rings (SSSR count). The first-order valence-corrected chi connectivity index (χ1v) is 9.92. The molecule has 138 valence electrons. The fourth-order valence-corrected chi connectivity index (χ4v) is 3.58. The predicted octanol–water partition coefficient (Wildman–Crippen LogP) is 4.34. The molecule has 0 bridgehead atoms. The molecule has 0 unspecified atom stereocenters. The number of hydrogen-bond donors (Lipinski definition) is 2. The van der Waals surface area contributed by atoms with Crippen molar-refractivity contribution in [3.8, 4) is 0 Å². The second-order valence-electron chi connectivity index (χ2n) is 5.48. The van der Waals surface area contributed by atoms with E-state index in [4.69, 9.17) is 28.9 Å². The van der Waals surface area contributed by atoms with Gasteiger partial charge in [-0.3, -0.25) is 0 Å². The van der Waals surface area contributed by atoms with E-state index in [-0.39, 0.29) is 10.8 Å². The molecule has 0 aliphatic heterocycles. The summed E-state index contributed by atoms with van der Waals surface area (Å²) in [5.74, 6) is -0.0452. The van der Waals surface area contributed by atoms with Crippen LogP contribution in [-0.2, 0) is 10.0 Å². The Morgan fingerprint density at radius 3 is 2.44 bits per heavy atom. The van der Waals surface area contributed by atoms with Crippen molar-refractivity contribution in [2.45, 2.75) is 4.90 Å². The Balaban J connectivity index is 1.81. The van der Waals surface area contributed by atoms with Crippen molar-refractivity contribution in [3.05, 3.63) is 76.0 Å². The minimum Gasteiger partial charge on any atom is -0.399 e. The summed E-state index contributed by atoms with van der Waals surface area (Å²) >= 11 is 12.0. The third-order valence-corrected chi connectivity index (χ3v) is 5.40. The van der Waals surface area contributed by atoms with Gasteiger partial charge in [0.15, 0.2) is 0 Å². The van der Waals surface area contributed by atoms with Crippen molar-refractivity contribution >= 4 is 57.0 Å². The lowest BCUT2D eigenvalue weighted by atomic mass is 10.2. The molecule has 6 nitrogen and oxygen atoms in total. The Kier molecular flexibility index (Phi) is 5.65. The van der Waals surface area contributed by atoms with E-state index in [1.807, 2.05) is 0 Å². The highest BCUT2D eigenvalue weighted by molar-refractivity contribution is 7.92. The maximum atomic E-state index is 12.4. The highest BCUT2D eigenvalue weighted by Crippen LogP contribution is 2.23. The number of nitrogens with two attached hydrogens (primary N) is 1. The van der Waals surface area contributed by atoms with Gasteiger partial charge in [-0.2, -0.15) is 0 Å². The van der Waals surface area contributed by atoms with Crippen LogP contribution < -0.4 is 10.5 Å². The Morgan fingerprint density at radius 1 is 1.00 bits per heavy atom. The molecule has 0 aliphatic carbocycles. The number of nitrogens with one attached hydrogen (secondary N) is 1. The van der Waals surface area contributed by atoms with Crippen LogP contribution in [0, 0.1) is 0 Å². The van der Waals surface area contributed by atoms with Gasteiger partial charge in [-0.25, -0.2) is 23.1 Å². The lowest BCUT2D eigenvalue weighted by Gasteiger charge is -2.07. The normalized spacial score (nSPS) is 11.6. The van der Waals surface area contributed by atoms with Gasteiger partial charge in [-0.15, -0.1) is 0 Å². The number of rotatable bonds is 5. The van der Waals surface area contributed by atoms with Crippen LogP contribution in [0.4, 0.5) is 11.6 Å². The summed E-state index contributed by atoms with van der Waals surface area (Å²) in [7, 11) is -3.82. The van der Waals surface area contributed by atoms with E-state index < -0.39 is 10.0 Å². The SMILES string of the molecule is Nc1ccc(S(=O)(=O)Nc2nccc(/C=C/c3ccc(Cl)cc3Cl)n2)cc1. The first kappa shape index (κ1) is 19.2. The third-order valence-electron chi connectivity index (χ3n) is 3.49. The summed E-state index contributed by atoms with van der Waals surface area (Å²) in [4.78, 5) is 8.19. The van der Waals surface area contributed by atoms with Crippen molar-refractivity contribution in [3.63, 3.8) is 0 Å². The third kappa shape index (κ3) is 4.97. The monoisotopic (exact) mass is 420 g/mol. The fourth-order valence-electron chi connectivity index (χ4n) is 2.15. The van der Waals surface area contributed by atoms with Crippen molar-refractivity contribution in [1.29, 1.82) is 0 Å². The van der Waals surface area contributed by atoms with Gasteiger partial charge in [-0.05, 0) is 54.1 Å². The molecule has 0 fully saturated rings. The Hall–Kier alpha value is -2.61. The van der Waals surface area contributed by atoms with Crippen LogP contribution in [0.15, 0.2) is 59.6 Å². The molecular formula is C18H14Cl2N4O2S. The van der Waals surface area contributed by atoms with Gasteiger partial charge in [0.25, 0.3) is 10.0 Å². The molecule has 9 heteroatoms. The number of halogens is 2. The molecule has 0 saturated carbocycles. The molecule has 0 atom stereocenters. The van der Waals surface area contributed by atoms with Crippen LogP contribution in [0.2, 0.25) is 10.0 Å². The zero-order valence-electron chi connectivity index (χ0n) is 13.8. The minimum atomic E-state index is -3.82. The summed E-state index contributed by atoms with van der Waals surface area (Å²) < 4.78 is 27.1. The number of nitrogens with zero attached hydrogens (tertiary/aromatic N) is 2. The number of aromatic nitrogens is 2. The van der Waals surface area contributed by atoms with Crippen LogP contribution >= 0.6 is 23.2 Å². The molecule has 0 spiro atoms. The summed E-state index contributed by atoms with van der Waals surface area (Å²) in [6.45, 7) is 0. The predicted molar refractivity (Wildman–Crippen MR) is 109 cm³/mol. The van der Waals surface area contributed by atoms with E-state index in [0.717, 1.165) is 5.56 Å². The molecule has 1 heterocycles. The highest BCUT2D eigenvalue weighted by atomic mass is 35.5. The minimum absolute atomic E-state index is 0.0452. The van der Waals surface area contributed by atoms with Crippen LogP contribution in [0.3, 0.4) is 0 Å². The van der Waals surface area contributed by atoms with Gasteiger partial charge in [0.2, 0.25) is 5.95 Å². The summed E-state index contributed by atoms with van der Waals surface area (Å²) in [5, 5.41) is 1.04. The molecule has 0 amide bonds. The summed E-state index contributed by atoms with van der Waals surface area (Å²) in [6, 6.07) is 12.6. The van der Waals surface area contributed by atoms with Crippen molar-refractivity contribution < 1.29 is 8.42 Å². The van der Waals surface area contributed by atoms with E-state index in [2.05, 4.69) is 14.7 Å². The number of sulfonamides is 1. The van der Waals surface area contributed by atoms with Crippen LogP contribution in [0.25, 0.3) is 12.2 Å². The summed E-state index contributed by atoms with van der Waals surface area (Å²) in [6.07, 6.45) is 4.90. The van der Waals surface area contributed by atoms with Crippen molar-refractivity contribution in [2.24, 2.45) is 0 Å². The molecule has 3 aromatic rings. The first-order chi connectivity index (χ1) is 12.8. The van der Waals surface area contributed by atoms with Crippen molar-refractivity contribution in [2.75, 3.05) is 10.5 Å².